The zero-order valence-corrected chi connectivity index (χ0v) is 13.9. The summed E-state index contributed by atoms with van der Waals surface area (Å²) >= 11 is 0. The van der Waals surface area contributed by atoms with Gasteiger partial charge in [0.1, 0.15) is 0 Å². The van der Waals surface area contributed by atoms with E-state index in [4.69, 9.17) is 0 Å². The smallest absolute Gasteiger partial charge is 0.0134 e. The first-order valence-corrected chi connectivity index (χ1v) is 8.47. The van der Waals surface area contributed by atoms with Crippen LogP contribution in [0.4, 0.5) is 0 Å². The summed E-state index contributed by atoms with van der Waals surface area (Å²) < 4.78 is 0. The summed E-state index contributed by atoms with van der Waals surface area (Å²) in [6, 6.07) is 0. The molecule has 0 heteroatoms. The van der Waals surface area contributed by atoms with E-state index in [1.165, 1.54) is 49.7 Å². The van der Waals surface area contributed by atoms with E-state index in [1.54, 1.807) is 5.57 Å². The van der Waals surface area contributed by atoms with E-state index in [2.05, 4.69) is 46.4 Å². The first kappa shape index (κ1) is 15.6. The molecule has 0 aliphatic heterocycles. The summed E-state index contributed by atoms with van der Waals surface area (Å²) in [7, 11) is 0. The van der Waals surface area contributed by atoms with Crippen molar-refractivity contribution in [3.05, 3.63) is 35.5 Å². The predicted molar refractivity (Wildman–Crippen MR) is 89.7 cm³/mol. The Hall–Kier alpha value is -0.780. The second-order valence-corrected chi connectivity index (χ2v) is 7.43. The summed E-state index contributed by atoms with van der Waals surface area (Å²) in [6.45, 7) is 13.6. The lowest BCUT2D eigenvalue weighted by Gasteiger charge is -2.43. The summed E-state index contributed by atoms with van der Waals surface area (Å²) in [4.78, 5) is 0. The van der Waals surface area contributed by atoms with Crippen molar-refractivity contribution in [2.24, 2.45) is 23.7 Å². The Morgan fingerprint density at radius 1 is 1.35 bits per heavy atom. The second-order valence-electron chi connectivity index (χ2n) is 7.43. The molecule has 0 aromatic carbocycles. The van der Waals surface area contributed by atoms with E-state index in [0.29, 0.717) is 0 Å². The average Bonchev–Trinajstić information content (AvgIpc) is 2.38. The van der Waals surface area contributed by atoms with Crippen LogP contribution in [0.3, 0.4) is 0 Å². The van der Waals surface area contributed by atoms with E-state index in [9.17, 15) is 0 Å². The van der Waals surface area contributed by atoms with Crippen LogP contribution < -0.4 is 0 Å². The zero-order chi connectivity index (χ0) is 14.7. The highest BCUT2D eigenvalue weighted by atomic mass is 14.4. The van der Waals surface area contributed by atoms with Crippen molar-refractivity contribution in [3.8, 4) is 0 Å². The molecule has 2 aliphatic carbocycles. The van der Waals surface area contributed by atoms with Gasteiger partial charge in [-0.25, -0.2) is 0 Å². The maximum Gasteiger partial charge on any atom is -0.0134 e. The van der Waals surface area contributed by atoms with Crippen LogP contribution in [0.5, 0.6) is 0 Å². The highest BCUT2D eigenvalue weighted by Crippen LogP contribution is 2.48. The first-order chi connectivity index (χ1) is 9.49. The van der Waals surface area contributed by atoms with E-state index in [-0.39, 0.29) is 0 Å². The normalized spacial score (nSPS) is 31.3. The zero-order valence-electron chi connectivity index (χ0n) is 13.9. The molecular weight excluding hydrogens is 240 g/mol. The number of fused-ring (bicyclic) bond motifs is 1. The van der Waals surface area contributed by atoms with Crippen LogP contribution in [0.25, 0.3) is 0 Å². The van der Waals surface area contributed by atoms with Crippen LogP contribution in [0.1, 0.15) is 66.2 Å². The van der Waals surface area contributed by atoms with Gasteiger partial charge in [0.25, 0.3) is 0 Å². The number of allylic oxidation sites excluding steroid dienone is 5. The summed E-state index contributed by atoms with van der Waals surface area (Å²) in [6.07, 6.45) is 12.9. The lowest BCUT2D eigenvalue weighted by Crippen LogP contribution is -2.34. The molecule has 0 bridgehead atoms. The number of hydrogen-bond donors (Lipinski definition) is 0. The van der Waals surface area contributed by atoms with Gasteiger partial charge in [0.2, 0.25) is 0 Å². The van der Waals surface area contributed by atoms with Crippen molar-refractivity contribution >= 4 is 0 Å². The van der Waals surface area contributed by atoms with Crippen LogP contribution in [-0.4, -0.2) is 0 Å². The van der Waals surface area contributed by atoms with Gasteiger partial charge in [-0.05, 0) is 83.0 Å². The van der Waals surface area contributed by atoms with E-state index in [0.717, 1.165) is 23.7 Å². The molecule has 0 N–H and O–H groups in total. The first-order valence-electron chi connectivity index (χ1n) is 8.47. The number of rotatable bonds is 4. The van der Waals surface area contributed by atoms with E-state index < -0.39 is 0 Å². The van der Waals surface area contributed by atoms with Crippen molar-refractivity contribution in [2.75, 3.05) is 0 Å². The summed E-state index contributed by atoms with van der Waals surface area (Å²) in [5, 5.41) is 0. The Balaban J connectivity index is 2.04. The van der Waals surface area contributed by atoms with Gasteiger partial charge in [0, 0.05) is 0 Å². The molecule has 0 amide bonds. The molecular formula is C20H32. The van der Waals surface area contributed by atoms with Crippen molar-refractivity contribution in [1.29, 1.82) is 0 Å². The van der Waals surface area contributed by atoms with E-state index in [1.807, 2.05) is 0 Å². The maximum absolute atomic E-state index is 4.36. The molecule has 112 valence electrons. The van der Waals surface area contributed by atoms with Crippen LogP contribution in [0.15, 0.2) is 35.5 Å². The highest BCUT2D eigenvalue weighted by molar-refractivity contribution is 5.19. The van der Waals surface area contributed by atoms with Crippen molar-refractivity contribution < 1.29 is 0 Å². The van der Waals surface area contributed by atoms with Gasteiger partial charge in [-0.3, -0.25) is 0 Å². The molecule has 2 aliphatic rings. The van der Waals surface area contributed by atoms with Crippen molar-refractivity contribution in [3.63, 3.8) is 0 Å². The molecule has 0 spiro atoms. The van der Waals surface area contributed by atoms with Crippen molar-refractivity contribution in [2.45, 2.75) is 66.2 Å². The molecule has 0 unspecified atom stereocenters. The standard InChI is InChI=1S/C20H32/c1-14(2)7-6-8-16(4)19-12-10-17(5)18-11-9-15(3)13-20(18)19/h7,13,16,18-20H,5-6,8-12H2,1-4H3/t16-,18+,19+,20-/m1/s1. The van der Waals surface area contributed by atoms with Gasteiger partial charge in [-0.15, -0.1) is 0 Å². The second kappa shape index (κ2) is 6.78. The molecule has 20 heavy (non-hydrogen) atoms. The molecule has 4 atom stereocenters. The van der Waals surface area contributed by atoms with Crippen LogP contribution >= 0.6 is 0 Å². The lowest BCUT2D eigenvalue weighted by molar-refractivity contribution is 0.164. The fraction of sp³-hybridized carbons (Fsp3) is 0.700. The van der Waals surface area contributed by atoms with Gasteiger partial charge in [-0.2, -0.15) is 0 Å². The molecule has 0 radical (unpaired) electrons. The lowest BCUT2D eigenvalue weighted by atomic mass is 9.61. The molecule has 0 nitrogen and oxygen atoms in total. The third-order valence-electron chi connectivity index (χ3n) is 5.51. The van der Waals surface area contributed by atoms with Crippen molar-refractivity contribution in [1.82, 2.24) is 0 Å². The van der Waals surface area contributed by atoms with Gasteiger partial charge in [0.05, 0.1) is 0 Å². The minimum absolute atomic E-state index is 0.781. The monoisotopic (exact) mass is 272 g/mol. The summed E-state index contributed by atoms with van der Waals surface area (Å²) in [5.74, 6) is 3.29. The van der Waals surface area contributed by atoms with Crippen LogP contribution in [0.2, 0.25) is 0 Å². The molecule has 2 rings (SSSR count). The Labute approximate surface area is 126 Å². The SMILES string of the molecule is C=C1CC[C@@H]([C@H](C)CCC=C(C)C)[C@@H]2C=C(C)CC[C@@H]12. The van der Waals surface area contributed by atoms with Gasteiger partial charge < -0.3 is 0 Å². The molecule has 0 aromatic heterocycles. The Kier molecular flexibility index (Phi) is 5.29. The Bertz CT molecular complexity index is 406. The molecule has 0 aromatic rings. The fourth-order valence-electron chi connectivity index (χ4n) is 4.24. The molecule has 1 saturated carbocycles. The van der Waals surface area contributed by atoms with Gasteiger partial charge >= 0.3 is 0 Å². The van der Waals surface area contributed by atoms with E-state index >= 15 is 0 Å². The average molecular weight is 272 g/mol. The Morgan fingerprint density at radius 3 is 2.80 bits per heavy atom. The van der Waals surface area contributed by atoms with Gasteiger partial charge in [0.15, 0.2) is 0 Å². The Morgan fingerprint density at radius 2 is 2.10 bits per heavy atom. The fourth-order valence-corrected chi connectivity index (χ4v) is 4.24. The molecule has 0 saturated heterocycles. The third-order valence-corrected chi connectivity index (χ3v) is 5.51. The van der Waals surface area contributed by atoms with Gasteiger partial charge in [-0.1, -0.05) is 42.4 Å². The minimum Gasteiger partial charge on any atom is -0.0996 e. The largest absolute Gasteiger partial charge is 0.0996 e. The number of hydrogen-bond acceptors (Lipinski definition) is 0. The minimum atomic E-state index is 0.781. The quantitative estimate of drug-likeness (QED) is 0.526. The van der Waals surface area contributed by atoms with Crippen LogP contribution in [-0.2, 0) is 0 Å². The molecule has 1 fully saturated rings. The predicted octanol–water partition coefficient (Wildman–Crippen LogP) is 6.31. The van der Waals surface area contributed by atoms with Crippen LogP contribution in [0, 0.1) is 23.7 Å². The maximum atomic E-state index is 4.36. The third kappa shape index (κ3) is 3.65. The summed E-state index contributed by atoms with van der Waals surface area (Å²) in [5.41, 5.74) is 4.61. The molecule has 0 heterocycles. The topological polar surface area (TPSA) is 0 Å². The highest BCUT2D eigenvalue weighted by Gasteiger charge is 2.37.